The van der Waals surface area contributed by atoms with Gasteiger partial charge < -0.3 is 14.8 Å². The lowest BCUT2D eigenvalue weighted by molar-refractivity contribution is -0.150. The predicted molar refractivity (Wildman–Crippen MR) is 75.5 cm³/mol. The highest BCUT2D eigenvalue weighted by molar-refractivity contribution is 5.88. The van der Waals surface area contributed by atoms with Crippen LogP contribution in [0.2, 0.25) is 0 Å². The van der Waals surface area contributed by atoms with Crippen molar-refractivity contribution in [1.29, 1.82) is 0 Å². The summed E-state index contributed by atoms with van der Waals surface area (Å²) in [5.74, 6) is -0.175. The summed E-state index contributed by atoms with van der Waals surface area (Å²) in [4.78, 5) is 23.5. The van der Waals surface area contributed by atoms with Crippen LogP contribution in [0.3, 0.4) is 0 Å². The van der Waals surface area contributed by atoms with Gasteiger partial charge in [0.25, 0.3) is 5.91 Å². The molecule has 1 atom stereocenters. The van der Waals surface area contributed by atoms with Crippen LogP contribution >= 0.6 is 0 Å². The Labute approximate surface area is 119 Å². The highest BCUT2D eigenvalue weighted by Crippen LogP contribution is 2.16. The number of aryl methyl sites for hydroxylation is 1. The van der Waals surface area contributed by atoms with Gasteiger partial charge in [-0.3, -0.25) is 4.79 Å². The maximum Gasteiger partial charge on any atom is 0.331 e. The van der Waals surface area contributed by atoms with Gasteiger partial charge in [-0.25, -0.2) is 4.79 Å². The molecule has 5 nitrogen and oxygen atoms in total. The Kier molecular flexibility index (Phi) is 5.55. The first-order chi connectivity index (χ1) is 9.42. The number of hydrogen-bond acceptors (Lipinski definition) is 4. The largest absolute Gasteiger partial charge is 0.484 e. The molecule has 0 aliphatic rings. The smallest absolute Gasteiger partial charge is 0.331 e. The molecule has 0 heterocycles. The van der Waals surface area contributed by atoms with Crippen LogP contribution in [0.4, 0.5) is 0 Å². The van der Waals surface area contributed by atoms with Gasteiger partial charge in [0, 0.05) is 0 Å². The van der Waals surface area contributed by atoms with Crippen LogP contribution in [0.5, 0.6) is 5.75 Å². The highest BCUT2D eigenvalue weighted by Gasteiger charge is 2.34. The Bertz CT molecular complexity index is 487. The zero-order chi connectivity index (χ0) is 15.2. The number of benzene rings is 1. The molecular formula is C15H21NO4. The lowest BCUT2D eigenvalue weighted by Crippen LogP contribution is -2.53. The second-order valence-electron chi connectivity index (χ2n) is 4.78. The Morgan fingerprint density at radius 1 is 1.30 bits per heavy atom. The van der Waals surface area contributed by atoms with Gasteiger partial charge in [0.1, 0.15) is 11.3 Å². The molecule has 0 bridgehead atoms. The Hall–Kier alpha value is -2.04. The third-order valence-electron chi connectivity index (χ3n) is 3.21. The van der Waals surface area contributed by atoms with E-state index in [0.717, 1.165) is 5.56 Å². The first-order valence-corrected chi connectivity index (χ1v) is 6.50. The molecule has 1 aromatic rings. The monoisotopic (exact) mass is 279 g/mol. The molecule has 1 N–H and O–H groups in total. The van der Waals surface area contributed by atoms with E-state index in [9.17, 15) is 9.59 Å². The second-order valence-corrected chi connectivity index (χ2v) is 4.78. The third-order valence-corrected chi connectivity index (χ3v) is 3.21. The topological polar surface area (TPSA) is 64.6 Å². The van der Waals surface area contributed by atoms with Crippen molar-refractivity contribution in [2.75, 3.05) is 13.7 Å². The Balaban J connectivity index is 2.60. The van der Waals surface area contributed by atoms with Crippen molar-refractivity contribution in [3.05, 3.63) is 29.8 Å². The third kappa shape index (κ3) is 3.98. The fourth-order valence-corrected chi connectivity index (χ4v) is 1.71. The summed E-state index contributed by atoms with van der Waals surface area (Å²) >= 11 is 0. The first-order valence-electron chi connectivity index (χ1n) is 6.50. The van der Waals surface area contributed by atoms with Crippen LogP contribution in [0.25, 0.3) is 0 Å². The van der Waals surface area contributed by atoms with E-state index in [0.29, 0.717) is 12.2 Å². The molecule has 0 fully saturated rings. The van der Waals surface area contributed by atoms with Gasteiger partial charge in [-0.15, -0.1) is 0 Å². The number of amides is 1. The SMILES string of the molecule is CCC(C)(NC(=O)COc1ccccc1C)C(=O)OC. The lowest BCUT2D eigenvalue weighted by Gasteiger charge is -2.26. The zero-order valence-electron chi connectivity index (χ0n) is 12.4. The summed E-state index contributed by atoms with van der Waals surface area (Å²) in [6.07, 6.45) is 0.440. The van der Waals surface area contributed by atoms with E-state index in [4.69, 9.17) is 9.47 Å². The average Bonchev–Trinajstić information content (AvgIpc) is 2.45. The zero-order valence-corrected chi connectivity index (χ0v) is 12.4. The van der Waals surface area contributed by atoms with Crippen LogP contribution in [-0.4, -0.2) is 31.1 Å². The minimum atomic E-state index is -1.03. The number of esters is 1. The minimum Gasteiger partial charge on any atom is -0.484 e. The fourth-order valence-electron chi connectivity index (χ4n) is 1.71. The lowest BCUT2D eigenvalue weighted by atomic mass is 9.99. The van der Waals surface area contributed by atoms with Crippen LogP contribution in [0.15, 0.2) is 24.3 Å². The summed E-state index contributed by atoms with van der Waals surface area (Å²) < 4.78 is 10.1. The summed E-state index contributed by atoms with van der Waals surface area (Å²) in [6, 6.07) is 7.43. The standard InChI is InChI=1S/C15H21NO4/c1-5-15(3,14(18)19-4)16-13(17)10-20-12-9-7-6-8-11(12)2/h6-9H,5,10H2,1-4H3,(H,16,17). The molecule has 20 heavy (non-hydrogen) atoms. The van der Waals surface area contributed by atoms with Crippen molar-refractivity contribution in [3.63, 3.8) is 0 Å². The highest BCUT2D eigenvalue weighted by atomic mass is 16.5. The van der Waals surface area contributed by atoms with Crippen LogP contribution in [-0.2, 0) is 14.3 Å². The number of methoxy groups -OCH3 is 1. The Morgan fingerprint density at radius 3 is 2.50 bits per heavy atom. The van der Waals surface area contributed by atoms with Gasteiger partial charge in [-0.05, 0) is 31.9 Å². The van der Waals surface area contributed by atoms with Crippen molar-refractivity contribution < 1.29 is 19.1 Å². The van der Waals surface area contributed by atoms with E-state index in [-0.39, 0.29) is 12.5 Å². The van der Waals surface area contributed by atoms with Gasteiger partial charge in [-0.1, -0.05) is 25.1 Å². The molecule has 1 rings (SSSR count). The molecule has 1 unspecified atom stereocenters. The fraction of sp³-hybridized carbons (Fsp3) is 0.467. The van der Waals surface area contributed by atoms with Gasteiger partial charge in [0.05, 0.1) is 7.11 Å². The van der Waals surface area contributed by atoms with Gasteiger partial charge in [0.2, 0.25) is 0 Å². The van der Waals surface area contributed by atoms with Crippen LogP contribution in [0, 0.1) is 6.92 Å². The molecule has 0 aromatic heterocycles. The maximum absolute atomic E-state index is 11.9. The first kappa shape index (κ1) is 16.0. The van der Waals surface area contributed by atoms with Crippen LogP contribution < -0.4 is 10.1 Å². The molecule has 1 amide bonds. The van der Waals surface area contributed by atoms with Gasteiger partial charge >= 0.3 is 5.97 Å². The van der Waals surface area contributed by atoms with E-state index >= 15 is 0 Å². The quantitative estimate of drug-likeness (QED) is 0.807. The minimum absolute atomic E-state index is 0.141. The predicted octanol–water partition coefficient (Wildman–Crippen LogP) is 1.83. The number of para-hydroxylation sites is 1. The van der Waals surface area contributed by atoms with E-state index < -0.39 is 11.5 Å². The molecular weight excluding hydrogens is 258 g/mol. The summed E-state index contributed by atoms with van der Waals surface area (Å²) in [5, 5.41) is 2.64. The number of carbonyl (C=O) groups is 2. The number of carbonyl (C=O) groups excluding carboxylic acids is 2. The second kappa shape index (κ2) is 6.93. The molecule has 0 saturated carbocycles. The molecule has 0 aliphatic heterocycles. The van der Waals surface area contributed by atoms with E-state index in [2.05, 4.69) is 5.32 Å². The van der Waals surface area contributed by atoms with E-state index in [1.807, 2.05) is 25.1 Å². The van der Waals surface area contributed by atoms with Gasteiger partial charge in [0.15, 0.2) is 6.61 Å². The van der Waals surface area contributed by atoms with Crippen molar-refractivity contribution in [2.45, 2.75) is 32.7 Å². The summed E-state index contributed by atoms with van der Waals surface area (Å²) in [7, 11) is 1.30. The normalized spacial score (nSPS) is 13.2. The van der Waals surface area contributed by atoms with E-state index in [1.54, 1.807) is 19.9 Å². The molecule has 110 valence electrons. The van der Waals surface area contributed by atoms with Crippen molar-refractivity contribution >= 4 is 11.9 Å². The molecule has 1 aromatic carbocycles. The molecule has 0 radical (unpaired) electrons. The molecule has 0 spiro atoms. The number of nitrogens with one attached hydrogen (secondary N) is 1. The Morgan fingerprint density at radius 2 is 1.95 bits per heavy atom. The number of ether oxygens (including phenoxy) is 2. The summed E-state index contributed by atoms with van der Waals surface area (Å²) in [5.41, 5.74) is -0.0764. The van der Waals surface area contributed by atoms with Gasteiger partial charge in [-0.2, -0.15) is 0 Å². The molecule has 0 saturated heterocycles. The average molecular weight is 279 g/mol. The maximum atomic E-state index is 11.9. The van der Waals surface area contributed by atoms with Crippen molar-refractivity contribution in [2.24, 2.45) is 0 Å². The summed E-state index contributed by atoms with van der Waals surface area (Å²) in [6.45, 7) is 5.19. The molecule has 5 heteroatoms. The van der Waals surface area contributed by atoms with E-state index in [1.165, 1.54) is 7.11 Å². The van der Waals surface area contributed by atoms with Crippen LogP contribution in [0.1, 0.15) is 25.8 Å². The van der Waals surface area contributed by atoms with Crippen molar-refractivity contribution in [1.82, 2.24) is 5.32 Å². The number of rotatable bonds is 6. The number of hydrogen-bond donors (Lipinski definition) is 1. The molecule has 0 aliphatic carbocycles. The van der Waals surface area contributed by atoms with Crippen molar-refractivity contribution in [3.8, 4) is 5.75 Å².